The van der Waals surface area contributed by atoms with E-state index in [-0.39, 0.29) is 16.9 Å². The van der Waals surface area contributed by atoms with Gasteiger partial charge >= 0.3 is 0 Å². The van der Waals surface area contributed by atoms with Crippen LogP contribution >= 0.6 is 0 Å². The number of ketones is 1. The van der Waals surface area contributed by atoms with Gasteiger partial charge in [0.25, 0.3) is 0 Å². The van der Waals surface area contributed by atoms with E-state index < -0.39 is 5.60 Å². The second-order valence-corrected chi connectivity index (χ2v) is 9.82. The zero-order chi connectivity index (χ0) is 16.6. The van der Waals surface area contributed by atoms with Crippen LogP contribution in [0.5, 0.6) is 0 Å². The summed E-state index contributed by atoms with van der Waals surface area (Å²) in [5.74, 6) is 2.26. The number of hydrogen-bond acceptors (Lipinski definition) is 3. The molecule has 2 N–H and O–H groups in total. The van der Waals surface area contributed by atoms with E-state index in [9.17, 15) is 15.0 Å². The van der Waals surface area contributed by atoms with E-state index in [0.717, 1.165) is 44.9 Å². The maximum atomic E-state index is 11.9. The lowest BCUT2D eigenvalue weighted by atomic mass is 9.44. The molecule has 0 unspecified atom stereocenters. The summed E-state index contributed by atoms with van der Waals surface area (Å²) in [4.78, 5) is 11.9. The normalized spacial score (nSPS) is 59.2. The Kier molecular flexibility index (Phi) is 3.37. The first-order valence-corrected chi connectivity index (χ1v) is 9.61. The highest BCUT2D eigenvalue weighted by atomic mass is 16.3. The molecule has 0 amide bonds. The van der Waals surface area contributed by atoms with Gasteiger partial charge in [0.2, 0.25) is 0 Å². The predicted octanol–water partition coefficient (Wildman–Crippen LogP) is 3.32. The van der Waals surface area contributed by atoms with E-state index in [4.69, 9.17) is 0 Å². The minimum absolute atomic E-state index is 0.117. The van der Waals surface area contributed by atoms with Gasteiger partial charge in [-0.3, -0.25) is 4.79 Å². The van der Waals surface area contributed by atoms with Crippen LogP contribution < -0.4 is 0 Å². The molecule has 4 aliphatic carbocycles. The molecule has 0 spiro atoms. The molecule has 130 valence electrons. The first kappa shape index (κ1) is 16.1. The second-order valence-electron chi connectivity index (χ2n) is 9.82. The summed E-state index contributed by atoms with van der Waals surface area (Å²) in [6.07, 6.45) is 6.99. The van der Waals surface area contributed by atoms with Crippen molar-refractivity contribution in [2.45, 2.75) is 83.8 Å². The van der Waals surface area contributed by atoms with Gasteiger partial charge in [0.05, 0.1) is 11.7 Å². The van der Waals surface area contributed by atoms with Crippen LogP contribution in [0, 0.1) is 34.5 Å². The van der Waals surface area contributed by atoms with Gasteiger partial charge in [-0.1, -0.05) is 13.8 Å². The van der Waals surface area contributed by atoms with Gasteiger partial charge in [-0.2, -0.15) is 0 Å². The molecule has 3 heteroatoms. The molecule has 3 nitrogen and oxygen atoms in total. The molecule has 0 heterocycles. The molecule has 0 radical (unpaired) electrons. The summed E-state index contributed by atoms with van der Waals surface area (Å²) in [6.45, 7) is 6.54. The summed E-state index contributed by atoms with van der Waals surface area (Å²) in [5.41, 5.74) is -0.683. The number of aliphatic hydroxyl groups is 2. The SMILES string of the molecule is C[C@]12CCC(=O)C[C@@H]1CC[C@@H]1[C@@H]2[C@@H](O)C[C@@]2(C)[C@H]1CC[C@@]2(C)O. The number of fused-ring (bicyclic) bond motifs is 5. The van der Waals surface area contributed by atoms with E-state index in [0.29, 0.717) is 35.9 Å². The summed E-state index contributed by atoms with van der Waals surface area (Å²) < 4.78 is 0. The minimum Gasteiger partial charge on any atom is -0.393 e. The zero-order valence-corrected chi connectivity index (χ0v) is 14.8. The molecular weight excluding hydrogens is 288 g/mol. The van der Waals surface area contributed by atoms with E-state index in [1.54, 1.807) is 0 Å². The third kappa shape index (κ3) is 1.99. The Hall–Kier alpha value is -0.410. The Morgan fingerprint density at radius 1 is 1.09 bits per heavy atom. The van der Waals surface area contributed by atoms with Crippen molar-refractivity contribution in [3.63, 3.8) is 0 Å². The summed E-state index contributed by atoms with van der Waals surface area (Å²) in [7, 11) is 0. The Morgan fingerprint density at radius 3 is 2.57 bits per heavy atom. The van der Waals surface area contributed by atoms with Crippen molar-refractivity contribution in [3.8, 4) is 0 Å². The van der Waals surface area contributed by atoms with Gasteiger partial charge in [0.15, 0.2) is 0 Å². The van der Waals surface area contributed by atoms with Crippen LogP contribution in [0.2, 0.25) is 0 Å². The van der Waals surface area contributed by atoms with Gasteiger partial charge in [-0.15, -0.1) is 0 Å². The Labute approximate surface area is 139 Å². The van der Waals surface area contributed by atoms with Gasteiger partial charge < -0.3 is 10.2 Å². The smallest absolute Gasteiger partial charge is 0.133 e. The number of carbonyl (C=O) groups is 1. The van der Waals surface area contributed by atoms with E-state index in [1.807, 2.05) is 6.92 Å². The molecule has 23 heavy (non-hydrogen) atoms. The summed E-state index contributed by atoms with van der Waals surface area (Å²) >= 11 is 0. The van der Waals surface area contributed by atoms with Crippen LogP contribution in [-0.2, 0) is 4.79 Å². The number of rotatable bonds is 0. The molecule has 4 aliphatic rings. The van der Waals surface area contributed by atoms with Crippen LogP contribution in [0.4, 0.5) is 0 Å². The molecular formula is C20H32O3. The highest BCUT2D eigenvalue weighted by Crippen LogP contribution is 2.67. The van der Waals surface area contributed by atoms with E-state index in [2.05, 4.69) is 13.8 Å². The molecule has 0 bridgehead atoms. The molecule has 4 rings (SSSR count). The van der Waals surface area contributed by atoms with Gasteiger partial charge in [-0.05, 0) is 74.5 Å². The topological polar surface area (TPSA) is 57.5 Å². The number of Topliss-reactive ketones (excluding diaryl/α,β-unsaturated/α-hetero) is 1. The second kappa shape index (κ2) is 4.82. The minimum atomic E-state index is -0.649. The van der Waals surface area contributed by atoms with Crippen LogP contribution in [0.15, 0.2) is 0 Å². The standard InChI is InChI=1S/C20H32O3/c1-18-8-6-13(21)10-12(18)4-5-14-15-7-9-20(3,23)19(15,2)11-16(22)17(14)18/h12,14-17,22-23H,4-11H2,1-3H3/t12-,14-,15-,16-,17+,18-,19-,20+/m0/s1. The highest BCUT2D eigenvalue weighted by Gasteiger charge is 2.65. The van der Waals surface area contributed by atoms with Crippen molar-refractivity contribution in [1.82, 2.24) is 0 Å². The molecule has 0 aliphatic heterocycles. The highest BCUT2D eigenvalue weighted by molar-refractivity contribution is 5.79. The molecule has 4 fully saturated rings. The average molecular weight is 320 g/mol. The van der Waals surface area contributed by atoms with E-state index in [1.165, 1.54) is 0 Å². The number of carbonyl (C=O) groups excluding carboxylic acids is 1. The van der Waals surface area contributed by atoms with Crippen molar-refractivity contribution in [3.05, 3.63) is 0 Å². The third-order valence-electron chi connectivity index (χ3n) is 8.98. The molecule has 0 aromatic rings. The maximum absolute atomic E-state index is 11.9. The summed E-state index contributed by atoms with van der Waals surface area (Å²) in [6, 6.07) is 0. The lowest BCUT2D eigenvalue weighted by Crippen LogP contribution is -2.60. The zero-order valence-electron chi connectivity index (χ0n) is 14.8. The fourth-order valence-electron chi connectivity index (χ4n) is 7.39. The lowest BCUT2D eigenvalue weighted by Gasteiger charge is -2.62. The Balaban J connectivity index is 1.70. The van der Waals surface area contributed by atoms with Gasteiger partial charge in [-0.25, -0.2) is 0 Å². The molecule has 4 saturated carbocycles. The molecule has 8 atom stereocenters. The largest absolute Gasteiger partial charge is 0.393 e. The Morgan fingerprint density at radius 2 is 1.83 bits per heavy atom. The summed E-state index contributed by atoms with van der Waals surface area (Å²) in [5, 5.41) is 22.1. The van der Waals surface area contributed by atoms with E-state index >= 15 is 0 Å². The van der Waals surface area contributed by atoms with Crippen molar-refractivity contribution >= 4 is 5.78 Å². The van der Waals surface area contributed by atoms with Crippen molar-refractivity contribution in [1.29, 1.82) is 0 Å². The average Bonchev–Trinajstić information content (AvgIpc) is 2.69. The first-order chi connectivity index (χ1) is 10.7. The predicted molar refractivity (Wildman–Crippen MR) is 88.7 cm³/mol. The fraction of sp³-hybridized carbons (Fsp3) is 0.950. The van der Waals surface area contributed by atoms with Crippen molar-refractivity contribution in [2.75, 3.05) is 0 Å². The van der Waals surface area contributed by atoms with Crippen LogP contribution in [0.3, 0.4) is 0 Å². The first-order valence-electron chi connectivity index (χ1n) is 9.61. The molecule has 0 saturated heterocycles. The maximum Gasteiger partial charge on any atom is 0.133 e. The van der Waals surface area contributed by atoms with Gasteiger partial charge in [0.1, 0.15) is 5.78 Å². The van der Waals surface area contributed by atoms with Crippen LogP contribution in [-0.4, -0.2) is 27.7 Å². The fourth-order valence-corrected chi connectivity index (χ4v) is 7.39. The quantitative estimate of drug-likeness (QED) is 0.720. The lowest BCUT2D eigenvalue weighted by molar-refractivity contribution is -0.192. The molecule has 0 aromatic heterocycles. The van der Waals surface area contributed by atoms with Crippen LogP contribution in [0.1, 0.15) is 72.1 Å². The number of hydrogen-bond donors (Lipinski definition) is 2. The van der Waals surface area contributed by atoms with Crippen LogP contribution in [0.25, 0.3) is 0 Å². The third-order valence-corrected chi connectivity index (χ3v) is 8.98. The number of aliphatic hydroxyl groups excluding tert-OH is 1. The monoisotopic (exact) mass is 320 g/mol. The Bertz CT molecular complexity index is 527. The van der Waals surface area contributed by atoms with Crippen molar-refractivity contribution in [2.24, 2.45) is 34.5 Å². The van der Waals surface area contributed by atoms with Gasteiger partial charge in [0, 0.05) is 18.3 Å². The molecule has 0 aromatic carbocycles. The van der Waals surface area contributed by atoms with Crippen molar-refractivity contribution < 1.29 is 15.0 Å².